The lowest BCUT2D eigenvalue weighted by Crippen LogP contribution is -2.24. The summed E-state index contributed by atoms with van der Waals surface area (Å²) in [6.45, 7) is 1.78. The minimum Gasteiger partial charge on any atom is -0.497 e. The molecule has 20 heavy (non-hydrogen) atoms. The molecule has 2 aromatic carbocycles. The molecular formula is C16H16BrClO2. The summed E-state index contributed by atoms with van der Waals surface area (Å²) >= 11 is 9.59. The lowest BCUT2D eigenvalue weighted by Gasteiger charge is -2.24. The van der Waals surface area contributed by atoms with Crippen LogP contribution in [0.15, 0.2) is 46.9 Å². The van der Waals surface area contributed by atoms with Crippen LogP contribution in [0, 0.1) is 0 Å². The fraction of sp³-hybridized carbons (Fsp3) is 0.250. The average Bonchev–Trinajstić information content (AvgIpc) is 2.42. The summed E-state index contributed by atoms with van der Waals surface area (Å²) in [7, 11) is 1.62. The maximum atomic E-state index is 10.7. The van der Waals surface area contributed by atoms with Crippen molar-refractivity contribution in [1.82, 2.24) is 0 Å². The summed E-state index contributed by atoms with van der Waals surface area (Å²) < 4.78 is 6.05. The Bertz CT molecular complexity index is 594. The Morgan fingerprint density at radius 1 is 1.20 bits per heavy atom. The molecular weight excluding hydrogens is 340 g/mol. The van der Waals surface area contributed by atoms with Gasteiger partial charge in [0.15, 0.2) is 0 Å². The Morgan fingerprint density at radius 2 is 1.85 bits per heavy atom. The van der Waals surface area contributed by atoms with Gasteiger partial charge in [-0.3, -0.25) is 0 Å². The van der Waals surface area contributed by atoms with Crippen LogP contribution in [0.1, 0.15) is 18.1 Å². The van der Waals surface area contributed by atoms with Gasteiger partial charge < -0.3 is 9.84 Å². The second kappa shape index (κ2) is 6.17. The molecule has 0 radical (unpaired) electrons. The van der Waals surface area contributed by atoms with Gasteiger partial charge in [-0.2, -0.15) is 0 Å². The van der Waals surface area contributed by atoms with Crippen molar-refractivity contribution in [2.75, 3.05) is 7.11 Å². The van der Waals surface area contributed by atoms with Crippen LogP contribution in [0.2, 0.25) is 5.02 Å². The number of aliphatic hydroxyl groups is 1. The Morgan fingerprint density at radius 3 is 2.40 bits per heavy atom. The summed E-state index contributed by atoms with van der Waals surface area (Å²) in [5.74, 6) is 0.770. The third kappa shape index (κ3) is 3.54. The van der Waals surface area contributed by atoms with Crippen LogP contribution >= 0.6 is 27.5 Å². The molecule has 2 aromatic rings. The van der Waals surface area contributed by atoms with Crippen molar-refractivity contribution < 1.29 is 9.84 Å². The summed E-state index contributed by atoms with van der Waals surface area (Å²) in [5.41, 5.74) is 0.761. The number of methoxy groups -OCH3 is 1. The van der Waals surface area contributed by atoms with Gasteiger partial charge in [0.1, 0.15) is 5.75 Å². The third-order valence-corrected chi connectivity index (χ3v) is 4.11. The van der Waals surface area contributed by atoms with Gasteiger partial charge in [0, 0.05) is 15.9 Å². The maximum absolute atomic E-state index is 10.7. The first-order valence-corrected chi connectivity index (χ1v) is 7.40. The highest BCUT2D eigenvalue weighted by atomic mass is 79.9. The largest absolute Gasteiger partial charge is 0.497 e. The van der Waals surface area contributed by atoms with Gasteiger partial charge in [0.25, 0.3) is 0 Å². The zero-order valence-corrected chi connectivity index (χ0v) is 13.7. The summed E-state index contributed by atoms with van der Waals surface area (Å²) in [4.78, 5) is 0. The molecule has 0 aliphatic carbocycles. The lowest BCUT2D eigenvalue weighted by molar-refractivity contribution is 0.0576. The zero-order valence-electron chi connectivity index (χ0n) is 11.4. The van der Waals surface area contributed by atoms with Gasteiger partial charge in [-0.25, -0.2) is 0 Å². The van der Waals surface area contributed by atoms with E-state index in [0.29, 0.717) is 11.4 Å². The van der Waals surface area contributed by atoms with E-state index in [1.165, 1.54) is 0 Å². The van der Waals surface area contributed by atoms with Crippen molar-refractivity contribution in [1.29, 1.82) is 0 Å². The first kappa shape index (κ1) is 15.4. The number of ether oxygens (including phenoxy) is 1. The van der Waals surface area contributed by atoms with Crippen molar-refractivity contribution in [3.05, 3.63) is 63.1 Å². The van der Waals surface area contributed by atoms with Crippen LogP contribution in [0.5, 0.6) is 5.75 Å². The Labute approximate surface area is 132 Å². The minimum atomic E-state index is -0.982. The van der Waals surface area contributed by atoms with Gasteiger partial charge >= 0.3 is 0 Å². The van der Waals surface area contributed by atoms with Crippen LogP contribution in [0.25, 0.3) is 0 Å². The van der Waals surface area contributed by atoms with Crippen LogP contribution < -0.4 is 4.74 Å². The number of benzene rings is 2. The Kier molecular flexibility index (Phi) is 4.74. The zero-order chi connectivity index (χ0) is 14.8. The van der Waals surface area contributed by atoms with Gasteiger partial charge in [-0.15, -0.1) is 0 Å². The quantitative estimate of drug-likeness (QED) is 0.871. The van der Waals surface area contributed by atoms with Crippen molar-refractivity contribution in [3.8, 4) is 5.75 Å². The van der Waals surface area contributed by atoms with E-state index in [1.54, 1.807) is 14.0 Å². The average molecular weight is 356 g/mol. The highest BCUT2D eigenvalue weighted by Gasteiger charge is 2.24. The van der Waals surface area contributed by atoms with E-state index in [4.69, 9.17) is 16.3 Å². The van der Waals surface area contributed by atoms with Gasteiger partial charge in [0.05, 0.1) is 12.7 Å². The molecule has 2 rings (SSSR count). The highest BCUT2D eigenvalue weighted by Crippen LogP contribution is 2.30. The van der Waals surface area contributed by atoms with Gasteiger partial charge in [-0.1, -0.05) is 45.7 Å². The molecule has 1 N–H and O–H groups in total. The van der Waals surface area contributed by atoms with Crippen LogP contribution in [0.3, 0.4) is 0 Å². The molecule has 2 nitrogen and oxygen atoms in total. The molecule has 106 valence electrons. The molecule has 0 saturated heterocycles. The molecule has 1 unspecified atom stereocenters. The standard InChI is InChI=1S/C16H16BrClO2/c1-16(19,12-4-7-14(20-2)8-5-12)10-11-3-6-13(17)9-15(11)18/h3-9,19H,10H2,1-2H3. The number of hydrogen-bond donors (Lipinski definition) is 1. The second-order valence-corrected chi connectivity index (χ2v) is 6.24. The van der Waals surface area contributed by atoms with Crippen molar-refractivity contribution in [2.24, 2.45) is 0 Å². The number of hydrogen-bond acceptors (Lipinski definition) is 2. The molecule has 0 fully saturated rings. The Balaban J connectivity index is 2.25. The predicted molar refractivity (Wildman–Crippen MR) is 85.4 cm³/mol. The first-order chi connectivity index (χ1) is 9.42. The first-order valence-electron chi connectivity index (χ1n) is 6.23. The molecule has 0 saturated carbocycles. The predicted octanol–water partition coefficient (Wildman–Crippen LogP) is 4.56. The molecule has 4 heteroatoms. The van der Waals surface area contributed by atoms with Crippen molar-refractivity contribution in [2.45, 2.75) is 18.9 Å². The summed E-state index contributed by atoms with van der Waals surface area (Å²) in [6.07, 6.45) is 0.450. The van der Waals surface area contributed by atoms with Gasteiger partial charge in [0.2, 0.25) is 0 Å². The van der Waals surface area contributed by atoms with E-state index in [9.17, 15) is 5.11 Å². The topological polar surface area (TPSA) is 29.5 Å². The number of rotatable bonds is 4. The SMILES string of the molecule is COc1ccc(C(C)(O)Cc2ccc(Br)cc2Cl)cc1. The fourth-order valence-corrected chi connectivity index (χ4v) is 2.83. The van der Waals surface area contributed by atoms with Crippen LogP contribution in [0.4, 0.5) is 0 Å². The summed E-state index contributed by atoms with van der Waals surface area (Å²) in [5, 5.41) is 11.3. The number of halogens is 2. The highest BCUT2D eigenvalue weighted by molar-refractivity contribution is 9.10. The Hall–Kier alpha value is -1.03. The third-order valence-electron chi connectivity index (χ3n) is 3.26. The van der Waals surface area contributed by atoms with Gasteiger partial charge in [-0.05, 0) is 42.3 Å². The van der Waals surface area contributed by atoms with E-state index < -0.39 is 5.60 Å². The molecule has 0 heterocycles. The minimum absolute atomic E-state index is 0.450. The van der Waals surface area contributed by atoms with Crippen molar-refractivity contribution >= 4 is 27.5 Å². The fourth-order valence-electron chi connectivity index (χ4n) is 2.09. The molecule has 0 aromatic heterocycles. The normalized spacial score (nSPS) is 13.8. The van der Waals surface area contributed by atoms with E-state index in [0.717, 1.165) is 21.3 Å². The lowest BCUT2D eigenvalue weighted by atomic mass is 9.89. The van der Waals surface area contributed by atoms with Crippen LogP contribution in [-0.4, -0.2) is 12.2 Å². The second-order valence-electron chi connectivity index (χ2n) is 4.91. The molecule has 1 atom stereocenters. The molecule has 0 aliphatic rings. The van der Waals surface area contributed by atoms with E-state index in [1.807, 2.05) is 42.5 Å². The summed E-state index contributed by atoms with van der Waals surface area (Å²) in [6, 6.07) is 13.1. The molecule has 0 spiro atoms. The van der Waals surface area contributed by atoms with E-state index in [-0.39, 0.29) is 0 Å². The van der Waals surface area contributed by atoms with Crippen LogP contribution in [-0.2, 0) is 12.0 Å². The smallest absolute Gasteiger partial charge is 0.118 e. The molecule has 0 bridgehead atoms. The monoisotopic (exact) mass is 354 g/mol. The van der Waals surface area contributed by atoms with Crippen molar-refractivity contribution in [3.63, 3.8) is 0 Å². The van der Waals surface area contributed by atoms with E-state index >= 15 is 0 Å². The molecule has 0 aliphatic heterocycles. The maximum Gasteiger partial charge on any atom is 0.118 e. The molecule has 0 amide bonds. The van der Waals surface area contributed by atoms with E-state index in [2.05, 4.69) is 15.9 Å².